The molecule has 8 nitrogen and oxygen atoms in total. The minimum Gasteiger partial charge on any atom is -0.489 e. The molecule has 1 saturated carbocycles. The molecule has 2 aromatic carbocycles. The van der Waals surface area contributed by atoms with E-state index < -0.39 is 11.9 Å². The van der Waals surface area contributed by atoms with Crippen molar-refractivity contribution in [1.29, 1.82) is 5.26 Å². The predicted octanol–water partition coefficient (Wildman–Crippen LogP) is 3.76. The van der Waals surface area contributed by atoms with Crippen LogP contribution in [0, 0.1) is 11.3 Å². The molecule has 3 amide bonds. The Morgan fingerprint density at radius 1 is 1.03 bits per heavy atom. The Labute approximate surface area is 226 Å². The molecule has 2 aromatic rings. The third-order valence-electron chi connectivity index (χ3n) is 8.40. The number of hydrogen-bond donors (Lipinski definition) is 1. The predicted molar refractivity (Wildman–Crippen MR) is 140 cm³/mol. The Kier molecular flexibility index (Phi) is 6.58. The summed E-state index contributed by atoms with van der Waals surface area (Å²) in [5.74, 6) is 0.175. The van der Waals surface area contributed by atoms with Gasteiger partial charge in [-0.05, 0) is 67.1 Å². The number of likely N-dealkylation sites (tertiary alicyclic amines) is 1. The van der Waals surface area contributed by atoms with Gasteiger partial charge in [-0.15, -0.1) is 0 Å². The topological polar surface area (TPSA) is 103 Å². The molecule has 3 fully saturated rings. The van der Waals surface area contributed by atoms with Gasteiger partial charge in [0.1, 0.15) is 17.9 Å². The van der Waals surface area contributed by atoms with E-state index >= 15 is 0 Å². The van der Waals surface area contributed by atoms with Crippen LogP contribution in [0.4, 0.5) is 0 Å². The van der Waals surface area contributed by atoms with Gasteiger partial charge in [-0.1, -0.05) is 24.1 Å². The summed E-state index contributed by atoms with van der Waals surface area (Å²) in [6, 6.07) is 13.1. The van der Waals surface area contributed by atoms with Crippen LogP contribution in [0.2, 0.25) is 5.02 Å². The lowest BCUT2D eigenvalue weighted by molar-refractivity contribution is -0.136. The first kappa shape index (κ1) is 24.9. The van der Waals surface area contributed by atoms with Gasteiger partial charge in [0, 0.05) is 48.6 Å². The van der Waals surface area contributed by atoms with E-state index in [0.29, 0.717) is 41.1 Å². The molecule has 0 spiro atoms. The summed E-state index contributed by atoms with van der Waals surface area (Å²) in [4.78, 5) is 40.9. The van der Waals surface area contributed by atoms with Crippen molar-refractivity contribution in [3.05, 3.63) is 63.7 Å². The number of halogens is 1. The van der Waals surface area contributed by atoms with Crippen LogP contribution in [-0.4, -0.2) is 58.8 Å². The number of amides is 3. The van der Waals surface area contributed by atoms with Crippen molar-refractivity contribution in [2.45, 2.75) is 69.2 Å². The zero-order valence-electron chi connectivity index (χ0n) is 21.0. The average molecular weight is 533 g/mol. The molecule has 0 radical (unpaired) electrons. The summed E-state index contributed by atoms with van der Waals surface area (Å²) >= 11 is 6.08. The highest BCUT2D eigenvalue weighted by Gasteiger charge is 2.41. The fourth-order valence-corrected chi connectivity index (χ4v) is 6.56. The second-order valence-electron chi connectivity index (χ2n) is 10.7. The molecule has 0 aromatic heterocycles. The Morgan fingerprint density at radius 3 is 2.63 bits per heavy atom. The summed E-state index contributed by atoms with van der Waals surface area (Å²) in [7, 11) is 0. The van der Waals surface area contributed by atoms with E-state index in [0.717, 1.165) is 55.6 Å². The lowest BCUT2D eigenvalue weighted by atomic mass is 9.83. The van der Waals surface area contributed by atoms with Gasteiger partial charge in [-0.3, -0.25) is 24.6 Å². The van der Waals surface area contributed by atoms with E-state index in [2.05, 4.69) is 16.3 Å². The number of nitriles is 1. The largest absolute Gasteiger partial charge is 0.489 e. The summed E-state index contributed by atoms with van der Waals surface area (Å²) in [5.41, 5.74) is 3.15. The molecule has 0 bridgehead atoms. The molecule has 1 aliphatic carbocycles. The van der Waals surface area contributed by atoms with Crippen LogP contribution in [0.1, 0.15) is 71.5 Å². The summed E-state index contributed by atoms with van der Waals surface area (Å²) in [5, 5.41) is 12.5. The third-order valence-corrected chi connectivity index (χ3v) is 8.64. The molecule has 9 heteroatoms. The highest BCUT2D eigenvalue weighted by molar-refractivity contribution is 6.30. The van der Waals surface area contributed by atoms with Crippen LogP contribution in [0.25, 0.3) is 0 Å². The average Bonchev–Trinajstić information content (AvgIpc) is 3.20. The molecule has 196 valence electrons. The maximum atomic E-state index is 13.0. The van der Waals surface area contributed by atoms with Gasteiger partial charge in [-0.2, -0.15) is 5.26 Å². The van der Waals surface area contributed by atoms with Crippen LogP contribution >= 0.6 is 11.6 Å². The molecular weight excluding hydrogens is 504 g/mol. The standard InChI is InChI=1S/C29H29ClN4O4/c30-20-5-7-22(17(11-20)13-31)19-14-33(15-19)24-3-1-2-4-26(24)38-21-6-8-23-18(12-21)16-34(29(23)37)25-9-10-27(35)32-28(25)36/h5-8,11-12,19,24-26H,1-4,9-10,14-16H2,(H,32,35,36)/t24-,25?,26-/m1/s1. The molecule has 1 N–H and O–H groups in total. The van der Waals surface area contributed by atoms with E-state index in [-0.39, 0.29) is 24.3 Å². The van der Waals surface area contributed by atoms with Crippen LogP contribution in [-0.2, 0) is 16.1 Å². The maximum Gasteiger partial charge on any atom is 0.255 e. The zero-order chi connectivity index (χ0) is 26.4. The molecule has 2 saturated heterocycles. The molecular formula is C29H29ClN4O4. The van der Waals surface area contributed by atoms with Gasteiger partial charge in [0.25, 0.3) is 5.91 Å². The Bertz CT molecular complexity index is 1350. The highest BCUT2D eigenvalue weighted by atomic mass is 35.5. The van der Waals surface area contributed by atoms with Crippen LogP contribution in [0.3, 0.4) is 0 Å². The summed E-state index contributed by atoms with van der Waals surface area (Å²) in [6.45, 7) is 2.11. The van der Waals surface area contributed by atoms with E-state index in [1.54, 1.807) is 17.0 Å². The zero-order valence-corrected chi connectivity index (χ0v) is 21.7. The SMILES string of the molecule is N#Cc1cc(Cl)ccc1C1CN([C@@H]2CCCC[C@H]2Oc2ccc3c(c2)CN(C2CCC(=O)NC2=O)C3=O)C1. The van der Waals surface area contributed by atoms with Crippen molar-refractivity contribution in [3.63, 3.8) is 0 Å². The lowest BCUT2D eigenvalue weighted by Gasteiger charge is -2.48. The number of piperidine rings is 1. The first-order valence-electron chi connectivity index (χ1n) is 13.3. The van der Waals surface area contributed by atoms with E-state index in [4.69, 9.17) is 16.3 Å². The number of rotatable bonds is 5. The monoisotopic (exact) mass is 532 g/mol. The smallest absolute Gasteiger partial charge is 0.255 e. The first-order valence-corrected chi connectivity index (χ1v) is 13.7. The van der Waals surface area contributed by atoms with Crippen molar-refractivity contribution >= 4 is 29.3 Å². The quantitative estimate of drug-likeness (QED) is 0.588. The number of imide groups is 1. The van der Waals surface area contributed by atoms with E-state index in [1.807, 2.05) is 24.3 Å². The number of hydrogen-bond acceptors (Lipinski definition) is 6. The molecule has 38 heavy (non-hydrogen) atoms. The van der Waals surface area contributed by atoms with Gasteiger partial charge in [0.05, 0.1) is 11.6 Å². The third kappa shape index (κ3) is 4.55. The second kappa shape index (κ2) is 10.0. The van der Waals surface area contributed by atoms with Crippen LogP contribution < -0.4 is 10.1 Å². The summed E-state index contributed by atoms with van der Waals surface area (Å²) in [6.07, 6.45) is 4.94. The number of fused-ring (bicyclic) bond motifs is 1. The number of benzene rings is 2. The minimum atomic E-state index is -0.624. The summed E-state index contributed by atoms with van der Waals surface area (Å²) < 4.78 is 6.54. The highest BCUT2D eigenvalue weighted by Crippen LogP contribution is 2.38. The Balaban J connectivity index is 1.12. The fourth-order valence-electron chi connectivity index (χ4n) is 6.39. The van der Waals surface area contributed by atoms with Gasteiger partial charge < -0.3 is 9.64 Å². The van der Waals surface area contributed by atoms with Crippen molar-refractivity contribution in [2.24, 2.45) is 0 Å². The molecule has 3 heterocycles. The van der Waals surface area contributed by atoms with E-state index in [1.165, 1.54) is 0 Å². The molecule has 3 aliphatic heterocycles. The lowest BCUT2D eigenvalue weighted by Crippen LogP contribution is -2.57. The van der Waals surface area contributed by atoms with Gasteiger partial charge in [-0.25, -0.2) is 0 Å². The number of nitrogens with zero attached hydrogens (tertiary/aromatic N) is 3. The van der Waals surface area contributed by atoms with Gasteiger partial charge in [0.15, 0.2) is 0 Å². The van der Waals surface area contributed by atoms with E-state index in [9.17, 15) is 19.6 Å². The Morgan fingerprint density at radius 2 is 1.84 bits per heavy atom. The van der Waals surface area contributed by atoms with Crippen molar-refractivity contribution in [2.75, 3.05) is 13.1 Å². The molecule has 1 unspecified atom stereocenters. The van der Waals surface area contributed by atoms with Gasteiger partial charge >= 0.3 is 0 Å². The van der Waals surface area contributed by atoms with Crippen molar-refractivity contribution in [1.82, 2.24) is 15.1 Å². The number of carbonyl (C=O) groups is 3. The van der Waals surface area contributed by atoms with Gasteiger partial charge in [0.2, 0.25) is 11.8 Å². The molecule has 3 atom stereocenters. The number of carbonyl (C=O) groups excluding carboxylic acids is 3. The second-order valence-corrected chi connectivity index (χ2v) is 11.2. The molecule has 4 aliphatic rings. The minimum absolute atomic E-state index is 0.0479. The fraction of sp³-hybridized carbons (Fsp3) is 0.448. The van der Waals surface area contributed by atoms with Crippen molar-refractivity contribution < 1.29 is 19.1 Å². The normalized spacial score (nSPS) is 25.9. The Hall–Kier alpha value is -3.41. The van der Waals surface area contributed by atoms with Crippen LogP contribution in [0.5, 0.6) is 5.75 Å². The number of ether oxygens (including phenoxy) is 1. The number of nitrogens with one attached hydrogen (secondary N) is 1. The molecule has 6 rings (SSSR count). The van der Waals surface area contributed by atoms with Crippen molar-refractivity contribution in [3.8, 4) is 11.8 Å². The maximum absolute atomic E-state index is 13.0. The van der Waals surface area contributed by atoms with Crippen LogP contribution in [0.15, 0.2) is 36.4 Å². The first-order chi connectivity index (χ1) is 18.4.